The van der Waals surface area contributed by atoms with Gasteiger partial charge in [0, 0.05) is 17.6 Å². The van der Waals surface area contributed by atoms with Crippen LogP contribution in [-0.4, -0.2) is 35.9 Å². The second kappa shape index (κ2) is 11.2. The number of benzene rings is 2. The van der Waals surface area contributed by atoms with Crippen LogP contribution in [0, 0.1) is 0 Å². The molecule has 5 nitrogen and oxygen atoms in total. The Balaban J connectivity index is 1.81. The molecule has 0 unspecified atom stereocenters. The van der Waals surface area contributed by atoms with E-state index in [0.29, 0.717) is 18.0 Å². The Morgan fingerprint density at radius 3 is 2.42 bits per heavy atom. The molecule has 0 aromatic heterocycles. The summed E-state index contributed by atoms with van der Waals surface area (Å²) in [6, 6.07) is 14.6. The first-order chi connectivity index (χ1) is 15.0. The van der Waals surface area contributed by atoms with Crippen molar-refractivity contribution in [3.63, 3.8) is 0 Å². The quantitative estimate of drug-likeness (QED) is 0.609. The fourth-order valence-electron chi connectivity index (χ4n) is 4.12. The third-order valence-electron chi connectivity index (χ3n) is 5.90. The number of nitrogens with zero attached hydrogens (tertiary/aromatic N) is 1. The van der Waals surface area contributed by atoms with E-state index in [-0.39, 0.29) is 24.3 Å². The van der Waals surface area contributed by atoms with E-state index in [1.54, 1.807) is 12.0 Å². The average Bonchev–Trinajstić information content (AvgIpc) is 3.28. The maximum atomic E-state index is 13.4. The van der Waals surface area contributed by atoms with Crippen LogP contribution in [0.3, 0.4) is 0 Å². The van der Waals surface area contributed by atoms with Crippen LogP contribution in [-0.2, 0) is 22.6 Å². The van der Waals surface area contributed by atoms with Gasteiger partial charge >= 0.3 is 0 Å². The first kappa shape index (κ1) is 23.1. The van der Waals surface area contributed by atoms with Crippen LogP contribution in [0.2, 0.25) is 5.02 Å². The number of hydrogen-bond donors (Lipinski definition) is 1. The molecule has 0 bridgehead atoms. The molecule has 31 heavy (non-hydrogen) atoms. The smallest absolute Gasteiger partial charge is 0.243 e. The molecule has 1 saturated carbocycles. The Morgan fingerprint density at radius 2 is 1.81 bits per heavy atom. The molecule has 1 atom stereocenters. The van der Waals surface area contributed by atoms with Crippen molar-refractivity contribution >= 4 is 23.4 Å². The standard InChI is InChI=1S/C25H31ClN2O3/c1-3-23(25(30)27-20-9-5-6-10-20)28(17-19-8-4-7-11-22(19)26)24(29)16-18-12-14-21(31-2)15-13-18/h4,7-8,11-15,20,23H,3,5-6,9-10,16-17H2,1-2H3,(H,27,30)/t23-/m0/s1. The molecule has 2 amide bonds. The van der Waals surface area contributed by atoms with E-state index in [9.17, 15) is 9.59 Å². The van der Waals surface area contributed by atoms with E-state index in [1.807, 2.05) is 55.5 Å². The van der Waals surface area contributed by atoms with E-state index in [2.05, 4.69) is 5.32 Å². The molecule has 0 aliphatic heterocycles. The third kappa shape index (κ3) is 6.23. The van der Waals surface area contributed by atoms with Crippen LogP contribution in [0.4, 0.5) is 0 Å². The fraction of sp³-hybridized carbons (Fsp3) is 0.440. The molecular weight excluding hydrogens is 412 g/mol. The summed E-state index contributed by atoms with van der Waals surface area (Å²) in [6.07, 6.45) is 5.04. The zero-order valence-electron chi connectivity index (χ0n) is 18.3. The summed E-state index contributed by atoms with van der Waals surface area (Å²) < 4.78 is 5.20. The van der Waals surface area contributed by atoms with E-state index in [0.717, 1.165) is 42.6 Å². The molecule has 1 aliphatic carbocycles. The number of amides is 2. The number of ether oxygens (including phenoxy) is 1. The van der Waals surface area contributed by atoms with E-state index < -0.39 is 6.04 Å². The summed E-state index contributed by atoms with van der Waals surface area (Å²) in [4.78, 5) is 28.2. The minimum Gasteiger partial charge on any atom is -0.497 e. The summed E-state index contributed by atoms with van der Waals surface area (Å²) >= 11 is 6.38. The maximum absolute atomic E-state index is 13.4. The molecule has 1 aliphatic rings. The number of carbonyl (C=O) groups excluding carboxylic acids is 2. The molecule has 0 radical (unpaired) electrons. The molecule has 2 aromatic carbocycles. The van der Waals surface area contributed by atoms with Crippen molar-refractivity contribution < 1.29 is 14.3 Å². The van der Waals surface area contributed by atoms with Crippen molar-refractivity contribution in [3.8, 4) is 5.75 Å². The second-order valence-corrected chi connectivity index (χ2v) is 8.46. The highest BCUT2D eigenvalue weighted by Crippen LogP contribution is 2.22. The molecule has 0 spiro atoms. The van der Waals surface area contributed by atoms with E-state index in [1.165, 1.54) is 0 Å². The minimum absolute atomic E-state index is 0.0791. The number of hydrogen-bond acceptors (Lipinski definition) is 3. The summed E-state index contributed by atoms with van der Waals surface area (Å²) in [6.45, 7) is 2.24. The van der Waals surface area contributed by atoms with Gasteiger partial charge in [0.1, 0.15) is 11.8 Å². The van der Waals surface area contributed by atoms with E-state index >= 15 is 0 Å². The number of carbonyl (C=O) groups is 2. The Bertz CT molecular complexity index is 879. The summed E-state index contributed by atoms with van der Waals surface area (Å²) in [5.41, 5.74) is 1.71. The van der Waals surface area contributed by atoms with Crippen molar-refractivity contribution in [3.05, 3.63) is 64.7 Å². The van der Waals surface area contributed by atoms with Crippen molar-refractivity contribution in [1.82, 2.24) is 10.2 Å². The summed E-state index contributed by atoms with van der Waals surface area (Å²) in [5, 5.41) is 3.76. The van der Waals surface area contributed by atoms with Gasteiger partial charge < -0.3 is 15.0 Å². The van der Waals surface area contributed by atoms with Gasteiger partial charge in [-0.05, 0) is 48.6 Å². The molecule has 0 heterocycles. The predicted octanol–water partition coefficient (Wildman–Crippen LogP) is 4.76. The Hall–Kier alpha value is -2.53. The van der Waals surface area contributed by atoms with Gasteiger partial charge in [0.2, 0.25) is 11.8 Å². The summed E-state index contributed by atoms with van der Waals surface area (Å²) in [5.74, 6) is 0.564. The zero-order chi connectivity index (χ0) is 22.2. The van der Waals surface area contributed by atoms with Crippen LogP contribution in [0.25, 0.3) is 0 Å². The fourth-order valence-corrected chi connectivity index (χ4v) is 4.31. The second-order valence-electron chi connectivity index (χ2n) is 8.05. The molecule has 1 N–H and O–H groups in total. The Labute approximate surface area is 189 Å². The number of rotatable bonds is 9. The van der Waals surface area contributed by atoms with Crippen molar-refractivity contribution in [2.24, 2.45) is 0 Å². The largest absolute Gasteiger partial charge is 0.497 e. The van der Waals surface area contributed by atoms with Crippen LogP contribution < -0.4 is 10.1 Å². The van der Waals surface area contributed by atoms with Crippen LogP contribution in [0.15, 0.2) is 48.5 Å². The molecule has 2 aromatic rings. The van der Waals surface area contributed by atoms with Crippen molar-refractivity contribution in [2.45, 2.75) is 64.1 Å². The van der Waals surface area contributed by atoms with Crippen LogP contribution >= 0.6 is 11.6 Å². The lowest BCUT2D eigenvalue weighted by atomic mass is 10.1. The Morgan fingerprint density at radius 1 is 1.13 bits per heavy atom. The zero-order valence-corrected chi connectivity index (χ0v) is 19.0. The van der Waals surface area contributed by atoms with E-state index in [4.69, 9.17) is 16.3 Å². The molecular formula is C25H31ClN2O3. The molecule has 0 saturated heterocycles. The number of nitrogens with one attached hydrogen (secondary N) is 1. The van der Waals surface area contributed by atoms with Crippen molar-refractivity contribution in [1.29, 1.82) is 0 Å². The molecule has 1 fully saturated rings. The highest BCUT2D eigenvalue weighted by atomic mass is 35.5. The molecule has 3 rings (SSSR count). The SMILES string of the molecule is CC[C@@H](C(=O)NC1CCCC1)N(Cc1ccccc1Cl)C(=O)Cc1ccc(OC)cc1. The summed E-state index contributed by atoms with van der Waals surface area (Å²) in [7, 11) is 1.61. The topological polar surface area (TPSA) is 58.6 Å². The monoisotopic (exact) mass is 442 g/mol. The molecule has 6 heteroatoms. The van der Waals surface area contributed by atoms with Gasteiger partial charge in [0.05, 0.1) is 13.5 Å². The lowest BCUT2D eigenvalue weighted by Gasteiger charge is -2.32. The minimum atomic E-state index is -0.539. The lowest BCUT2D eigenvalue weighted by Crippen LogP contribution is -2.51. The van der Waals surface area contributed by atoms with Gasteiger partial charge in [-0.15, -0.1) is 0 Å². The van der Waals surface area contributed by atoms with Gasteiger partial charge in [0.25, 0.3) is 0 Å². The van der Waals surface area contributed by atoms with Crippen LogP contribution in [0.1, 0.15) is 50.2 Å². The van der Waals surface area contributed by atoms with Crippen LogP contribution in [0.5, 0.6) is 5.75 Å². The third-order valence-corrected chi connectivity index (χ3v) is 6.27. The van der Waals surface area contributed by atoms with Crippen molar-refractivity contribution in [2.75, 3.05) is 7.11 Å². The lowest BCUT2D eigenvalue weighted by molar-refractivity contribution is -0.141. The maximum Gasteiger partial charge on any atom is 0.243 e. The average molecular weight is 443 g/mol. The van der Waals surface area contributed by atoms with Gasteiger partial charge in [-0.25, -0.2) is 0 Å². The first-order valence-corrected chi connectivity index (χ1v) is 11.4. The Kier molecular flexibility index (Phi) is 8.35. The number of methoxy groups -OCH3 is 1. The van der Waals surface area contributed by atoms with Gasteiger partial charge in [0.15, 0.2) is 0 Å². The first-order valence-electron chi connectivity index (χ1n) is 11.0. The normalized spacial score (nSPS) is 14.8. The van der Waals surface area contributed by atoms with Gasteiger partial charge in [-0.2, -0.15) is 0 Å². The highest BCUT2D eigenvalue weighted by Gasteiger charge is 2.30. The molecule has 166 valence electrons. The highest BCUT2D eigenvalue weighted by molar-refractivity contribution is 6.31. The van der Waals surface area contributed by atoms with Gasteiger partial charge in [-0.1, -0.05) is 61.7 Å². The number of halogens is 1. The predicted molar refractivity (Wildman–Crippen MR) is 123 cm³/mol. The van der Waals surface area contributed by atoms with Gasteiger partial charge in [-0.3, -0.25) is 9.59 Å².